The first kappa shape index (κ1) is 12.4. The van der Waals surface area contributed by atoms with Crippen LogP contribution < -0.4 is 5.32 Å². The maximum atomic E-state index is 12.5. The van der Waals surface area contributed by atoms with E-state index in [1.807, 2.05) is 4.90 Å². The molecule has 2 bridgehead atoms. The van der Waals surface area contributed by atoms with E-state index in [1.54, 1.807) is 0 Å². The van der Waals surface area contributed by atoms with Crippen LogP contribution in [-0.2, 0) is 17.9 Å². The Kier molecular flexibility index (Phi) is 3.03. The van der Waals surface area contributed by atoms with Gasteiger partial charge in [0, 0.05) is 31.6 Å². The normalized spacial score (nSPS) is 31.4. The summed E-state index contributed by atoms with van der Waals surface area (Å²) in [6.07, 6.45) is 5.77. The molecule has 0 radical (unpaired) electrons. The Morgan fingerprint density at radius 1 is 1.10 bits per heavy atom. The van der Waals surface area contributed by atoms with Gasteiger partial charge in [-0.05, 0) is 42.7 Å². The van der Waals surface area contributed by atoms with E-state index in [-0.39, 0.29) is 0 Å². The molecule has 2 atom stereocenters. The van der Waals surface area contributed by atoms with Crippen LogP contribution in [0.4, 0.5) is 0 Å². The van der Waals surface area contributed by atoms with E-state index in [0.717, 1.165) is 19.5 Å². The summed E-state index contributed by atoms with van der Waals surface area (Å²) in [5.41, 5.74) is 2.65. The average Bonchev–Trinajstić information content (AvgIpc) is 3.02. The number of piperidine rings is 1. The zero-order chi connectivity index (χ0) is 13.5. The van der Waals surface area contributed by atoms with Gasteiger partial charge in [0.2, 0.25) is 5.91 Å². The van der Waals surface area contributed by atoms with Crippen molar-refractivity contribution in [1.82, 2.24) is 10.2 Å². The third kappa shape index (κ3) is 2.24. The predicted molar refractivity (Wildman–Crippen MR) is 78.0 cm³/mol. The van der Waals surface area contributed by atoms with Gasteiger partial charge in [0.1, 0.15) is 0 Å². The number of fused-ring (bicyclic) bond motifs is 3. The highest BCUT2D eigenvalue weighted by Crippen LogP contribution is 2.33. The maximum Gasteiger partial charge on any atom is 0.223 e. The lowest BCUT2D eigenvalue weighted by atomic mass is 9.89. The van der Waals surface area contributed by atoms with E-state index in [1.165, 1.54) is 36.8 Å². The van der Waals surface area contributed by atoms with Crippen LogP contribution in [0.5, 0.6) is 0 Å². The summed E-state index contributed by atoms with van der Waals surface area (Å²) < 4.78 is 0. The number of carbonyl (C=O) groups excluding carboxylic acids is 1. The number of hydrogen-bond acceptors (Lipinski definition) is 2. The highest BCUT2D eigenvalue weighted by Gasteiger charge is 2.35. The minimum Gasteiger partial charge on any atom is -0.334 e. The third-order valence-electron chi connectivity index (χ3n) is 5.23. The summed E-state index contributed by atoms with van der Waals surface area (Å²) in [4.78, 5) is 14.6. The van der Waals surface area contributed by atoms with Crippen LogP contribution in [0, 0.1) is 5.92 Å². The molecule has 2 fully saturated rings. The monoisotopic (exact) mass is 270 g/mol. The van der Waals surface area contributed by atoms with Crippen molar-refractivity contribution in [2.75, 3.05) is 0 Å². The van der Waals surface area contributed by atoms with Gasteiger partial charge in [-0.3, -0.25) is 4.79 Å². The van der Waals surface area contributed by atoms with Gasteiger partial charge >= 0.3 is 0 Å². The number of benzene rings is 1. The molecule has 3 nitrogen and oxygen atoms in total. The summed E-state index contributed by atoms with van der Waals surface area (Å²) >= 11 is 0. The molecule has 3 aliphatic rings. The van der Waals surface area contributed by atoms with Crippen molar-refractivity contribution >= 4 is 5.91 Å². The molecule has 2 unspecified atom stereocenters. The summed E-state index contributed by atoms with van der Waals surface area (Å²) in [5.74, 6) is 0.956. The van der Waals surface area contributed by atoms with Gasteiger partial charge in [-0.15, -0.1) is 0 Å². The van der Waals surface area contributed by atoms with Gasteiger partial charge in [0.05, 0.1) is 0 Å². The van der Waals surface area contributed by atoms with Gasteiger partial charge in [-0.2, -0.15) is 0 Å². The lowest BCUT2D eigenvalue weighted by Gasteiger charge is -2.29. The number of rotatable bonds is 2. The van der Waals surface area contributed by atoms with Crippen LogP contribution >= 0.6 is 0 Å². The Balaban J connectivity index is 1.38. The van der Waals surface area contributed by atoms with Crippen molar-refractivity contribution in [3.8, 4) is 0 Å². The number of amides is 1. The van der Waals surface area contributed by atoms with Crippen LogP contribution in [0.25, 0.3) is 0 Å². The molecule has 3 heteroatoms. The predicted octanol–water partition coefficient (Wildman–Crippen LogP) is 2.45. The molecule has 1 aromatic carbocycles. The Morgan fingerprint density at radius 3 is 2.30 bits per heavy atom. The second kappa shape index (κ2) is 4.88. The first-order chi connectivity index (χ1) is 9.78. The van der Waals surface area contributed by atoms with Gasteiger partial charge in [0.15, 0.2) is 0 Å². The molecule has 0 aromatic heterocycles. The molecule has 0 aliphatic carbocycles. The molecule has 2 saturated heterocycles. The molecule has 3 heterocycles. The Morgan fingerprint density at radius 2 is 1.70 bits per heavy atom. The highest BCUT2D eigenvalue weighted by molar-refractivity contribution is 5.77. The number of carbonyl (C=O) groups is 1. The summed E-state index contributed by atoms with van der Waals surface area (Å²) in [6, 6.07) is 9.79. The van der Waals surface area contributed by atoms with E-state index in [4.69, 9.17) is 0 Å². The van der Waals surface area contributed by atoms with Crippen molar-refractivity contribution in [2.45, 2.75) is 57.3 Å². The van der Waals surface area contributed by atoms with Crippen molar-refractivity contribution in [3.05, 3.63) is 35.4 Å². The lowest BCUT2D eigenvalue weighted by molar-refractivity contribution is -0.133. The molecular weight excluding hydrogens is 248 g/mol. The Hall–Kier alpha value is -1.35. The standard InChI is InChI=1S/C17H22N2O/c20-17(9-12-7-15-5-6-16(8-12)18-15)19-10-13-3-1-2-4-14(13)11-19/h1-4,12,15-16,18H,5-11H2. The van der Waals surface area contributed by atoms with Gasteiger partial charge < -0.3 is 10.2 Å². The molecule has 4 rings (SSSR count). The first-order valence-corrected chi connectivity index (χ1v) is 7.88. The number of nitrogens with zero attached hydrogens (tertiary/aromatic N) is 1. The molecule has 0 spiro atoms. The minimum atomic E-state index is 0.354. The Labute approximate surface area is 120 Å². The fourth-order valence-corrected chi connectivity index (χ4v) is 4.23. The molecule has 1 aromatic rings. The summed E-state index contributed by atoms with van der Waals surface area (Å²) in [7, 11) is 0. The van der Waals surface area contributed by atoms with Crippen molar-refractivity contribution in [2.24, 2.45) is 5.92 Å². The largest absolute Gasteiger partial charge is 0.334 e. The van der Waals surface area contributed by atoms with Crippen LogP contribution in [0.15, 0.2) is 24.3 Å². The van der Waals surface area contributed by atoms with E-state index < -0.39 is 0 Å². The zero-order valence-corrected chi connectivity index (χ0v) is 11.8. The fourth-order valence-electron chi connectivity index (χ4n) is 4.23. The molecular formula is C17H22N2O. The number of nitrogens with one attached hydrogen (secondary N) is 1. The Bertz CT molecular complexity index is 490. The molecule has 3 aliphatic heterocycles. The zero-order valence-electron chi connectivity index (χ0n) is 11.8. The quantitative estimate of drug-likeness (QED) is 0.895. The van der Waals surface area contributed by atoms with Crippen LogP contribution in [0.2, 0.25) is 0 Å². The van der Waals surface area contributed by atoms with E-state index in [9.17, 15) is 4.79 Å². The van der Waals surface area contributed by atoms with E-state index in [0.29, 0.717) is 23.9 Å². The van der Waals surface area contributed by atoms with E-state index in [2.05, 4.69) is 29.6 Å². The molecule has 1 N–H and O–H groups in total. The smallest absolute Gasteiger partial charge is 0.223 e. The van der Waals surface area contributed by atoms with Crippen LogP contribution in [-0.4, -0.2) is 22.9 Å². The average molecular weight is 270 g/mol. The van der Waals surface area contributed by atoms with Crippen LogP contribution in [0.1, 0.15) is 43.2 Å². The summed E-state index contributed by atoms with van der Waals surface area (Å²) in [6.45, 7) is 1.62. The SMILES string of the molecule is O=C(CC1CC2CCC(C1)N2)N1Cc2ccccc2C1. The topological polar surface area (TPSA) is 32.3 Å². The van der Waals surface area contributed by atoms with Gasteiger partial charge in [-0.25, -0.2) is 0 Å². The van der Waals surface area contributed by atoms with Crippen LogP contribution in [0.3, 0.4) is 0 Å². The lowest BCUT2D eigenvalue weighted by Crippen LogP contribution is -2.39. The van der Waals surface area contributed by atoms with Gasteiger partial charge in [-0.1, -0.05) is 24.3 Å². The molecule has 1 amide bonds. The van der Waals surface area contributed by atoms with Crippen molar-refractivity contribution in [3.63, 3.8) is 0 Å². The molecule has 106 valence electrons. The fraction of sp³-hybridized carbons (Fsp3) is 0.588. The highest BCUT2D eigenvalue weighted by atomic mass is 16.2. The van der Waals surface area contributed by atoms with E-state index >= 15 is 0 Å². The maximum absolute atomic E-state index is 12.5. The molecule has 0 saturated carbocycles. The minimum absolute atomic E-state index is 0.354. The third-order valence-corrected chi connectivity index (χ3v) is 5.23. The summed E-state index contributed by atoms with van der Waals surface area (Å²) in [5, 5.41) is 3.65. The van der Waals surface area contributed by atoms with Crippen molar-refractivity contribution in [1.29, 1.82) is 0 Å². The van der Waals surface area contributed by atoms with Gasteiger partial charge in [0.25, 0.3) is 0 Å². The number of hydrogen-bond donors (Lipinski definition) is 1. The van der Waals surface area contributed by atoms with Crippen molar-refractivity contribution < 1.29 is 4.79 Å². The first-order valence-electron chi connectivity index (χ1n) is 7.88. The molecule has 20 heavy (non-hydrogen) atoms. The second-order valence-electron chi connectivity index (χ2n) is 6.70. The second-order valence-corrected chi connectivity index (χ2v) is 6.70.